The van der Waals surface area contributed by atoms with E-state index in [2.05, 4.69) is 10.6 Å². The fourth-order valence-electron chi connectivity index (χ4n) is 2.03. The maximum absolute atomic E-state index is 13.0. The minimum Gasteiger partial charge on any atom is -0.382 e. The molecule has 0 aliphatic heterocycles. The number of hydrogen-bond acceptors (Lipinski definition) is 4. The van der Waals surface area contributed by atoms with Gasteiger partial charge < -0.3 is 15.4 Å². The standard InChI is InChI=1S/C17H16FN3O/c1-12-8-14(18)4-7-17(12)20-10-16(11-22)21-15-5-2-13(9-19)3-6-15/h2-8,11,16,20-21H,10H2,1H3. The third-order valence-corrected chi connectivity index (χ3v) is 3.23. The van der Waals surface area contributed by atoms with Crippen molar-refractivity contribution in [1.29, 1.82) is 5.26 Å². The summed E-state index contributed by atoms with van der Waals surface area (Å²) in [4.78, 5) is 11.2. The van der Waals surface area contributed by atoms with E-state index in [1.807, 2.05) is 6.07 Å². The van der Waals surface area contributed by atoms with Gasteiger partial charge in [-0.15, -0.1) is 0 Å². The van der Waals surface area contributed by atoms with E-state index in [4.69, 9.17) is 5.26 Å². The van der Waals surface area contributed by atoms with Crippen molar-refractivity contribution in [2.45, 2.75) is 13.0 Å². The van der Waals surface area contributed by atoms with E-state index < -0.39 is 6.04 Å². The number of hydrogen-bond donors (Lipinski definition) is 2. The second-order valence-corrected chi connectivity index (χ2v) is 4.92. The normalized spacial score (nSPS) is 11.3. The summed E-state index contributed by atoms with van der Waals surface area (Å²) in [6, 6.07) is 12.9. The molecule has 2 rings (SSSR count). The monoisotopic (exact) mass is 297 g/mol. The van der Waals surface area contributed by atoms with Crippen molar-refractivity contribution in [2.24, 2.45) is 0 Å². The van der Waals surface area contributed by atoms with Crippen molar-refractivity contribution >= 4 is 17.7 Å². The van der Waals surface area contributed by atoms with Crippen molar-refractivity contribution < 1.29 is 9.18 Å². The number of nitriles is 1. The Morgan fingerprint density at radius 2 is 2.00 bits per heavy atom. The van der Waals surface area contributed by atoms with Gasteiger partial charge in [-0.3, -0.25) is 0 Å². The Labute approximate surface area is 128 Å². The molecule has 112 valence electrons. The van der Waals surface area contributed by atoms with Gasteiger partial charge in [0.25, 0.3) is 0 Å². The second kappa shape index (κ2) is 7.23. The second-order valence-electron chi connectivity index (χ2n) is 4.92. The van der Waals surface area contributed by atoms with Crippen LogP contribution in [0.2, 0.25) is 0 Å². The molecule has 0 heterocycles. The number of carbonyl (C=O) groups excluding carboxylic acids is 1. The molecular formula is C17H16FN3O. The predicted octanol–water partition coefficient (Wildman–Crippen LogP) is 3.10. The molecule has 0 fully saturated rings. The molecule has 0 bridgehead atoms. The predicted molar refractivity (Wildman–Crippen MR) is 84.3 cm³/mol. The molecule has 4 nitrogen and oxygen atoms in total. The molecule has 0 spiro atoms. The van der Waals surface area contributed by atoms with E-state index >= 15 is 0 Å². The molecule has 0 saturated heterocycles. The Hall–Kier alpha value is -2.87. The van der Waals surface area contributed by atoms with E-state index in [0.717, 1.165) is 23.2 Å². The van der Waals surface area contributed by atoms with Crippen LogP contribution in [-0.4, -0.2) is 18.9 Å². The summed E-state index contributed by atoms with van der Waals surface area (Å²) in [6.07, 6.45) is 0.810. The Morgan fingerprint density at radius 1 is 1.27 bits per heavy atom. The summed E-state index contributed by atoms with van der Waals surface area (Å²) < 4.78 is 13.0. The summed E-state index contributed by atoms with van der Waals surface area (Å²) in [5.41, 5.74) is 2.89. The van der Waals surface area contributed by atoms with Crippen molar-refractivity contribution in [2.75, 3.05) is 17.2 Å². The number of benzene rings is 2. The van der Waals surface area contributed by atoms with E-state index in [9.17, 15) is 9.18 Å². The van der Waals surface area contributed by atoms with Gasteiger partial charge in [-0.05, 0) is 55.0 Å². The summed E-state index contributed by atoms with van der Waals surface area (Å²) in [5.74, 6) is -0.286. The molecule has 0 aromatic heterocycles. The van der Waals surface area contributed by atoms with E-state index in [1.54, 1.807) is 37.3 Å². The maximum Gasteiger partial charge on any atom is 0.144 e. The van der Waals surface area contributed by atoms with Crippen molar-refractivity contribution in [3.8, 4) is 6.07 Å². The molecule has 0 radical (unpaired) electrons. The van der Waals surface area contributed by atoms with E-state index in [1.165, 1.54) is 12.1 Å². The lowest BCUT2D eigenvalue weighted by Crippen LogP contribution is -2.29. The van der Waals surface area contributed by atoms with Crippen LogP contribution in [-0.2, 0) is 4.79 Å². The van der Waals surface area contributed by atoms with Gasteiger partial charge in [-0.2, -0.15) is 5.26 Å². The molecule has 2 N–H and O–H groups in total. The van der Waals surface area contributed by atoms with Crippen LogP contribution in [0.15, 0.2) is 42.5 Å². The molecule has 0 saturated carbocycles. The molecular weight excluding hydrogens is 281 g/mol. The fraction of sp³-hybridized carbons (Fsp3) is 0.176. The minimum absolute atomic E-state index is 0.286. The molecule has 0 aliphatic carbocycles. The number of anilines is 2. The van der Waals surface area contributed by atoms with Gasteiger partial charge in [-0.25, -0.2) is 4.39 Å². The van der Waals surface area contributed by atoms with Gasteiger partial charge in [0.15, 0.2) is 0 Å². The van der Waals surface area contributed by atoms with E-state index in [-0.39, 0.29) is 5.82 Å². The van der Waals surface area contributed by atoms with Crippen LogP contribution < -0.4 is 10.6 Å². The van der Waals surface area contributed by atoms with Gasteiger partial charge in [-0.1, -0.05) is 0 Å². The van der Waals surface area contributed by atoms with E-state index in [0.29, 0.717) is 12.1 Å². The highest BCUT2D eigenvalue weighted by Crippen LogP contribution is 2.16. The zero-order chi connectivity index (χ0) is 15.9. The quantitative estimate of drug-likeness (QED) is 0.804. The highest BCUT2D eigenvalue weighted by molar-refractivity contribution is 5.66. The van der Waals surface area contributed by atoms with Gasteiger partial charge in [0, 0.05) is 17.9 Å². The third kappa shape index (κ3) is 4.06. The highest BCUT2D eigenvalue weighted by Gasteiger charge is 2.08. The first-order valence-corrected chi connectivity index (χ1v) is 6.84. The Kier molecular flexibility index (Phi) is 5.10. The first-order valence-electron chi connectivity index (χ1n) is 6.84. The van der Waals surface area contributed by atoms with Crippen molar-refractivity contribution in [3.05, 3.63) is 59.4 Å². The minimum atomic E-state index is -0.433. The molecule has 5 heteroatoms. The SMILES string of the molecule is Cc1cc(F)ccc1NCC(C=O)Nc1ccc(C#N)cc1. The number of aryl methyl sites for hydroxylation is 1. The molecule has 22 heavy (non-hydrogen) atoms. The number of nitrogens with zero attached hydrogens (tertiary/aromatic N) is 1. The summed E-state index contributed by atoms with van der Waals surface area (Å²) in [5, 5.41) is 14.9. The van der Waals surface area contributed by atoms with Gasteiger partial charge in [0.2, 0.25) is 0 Å². The topological polar surface area (TPSA) is 64.9 Å². The number of rotatable bonds is 6. The number of nitrogens with one attached hydrogen (secondary N) is 2. The fourth-order valence-corrected chi connectivity index (χ4v) is 2.03. The number of halogens is 1. The van der Waals surface area contributed by atoms with Gasteiger partial charge in [0.05, 0.1) is 17.7 Å². The smallest absolute Gasteiger partial charge is 0.144 e. The van der Waals surface area contributed by atoms with Gasteiger partial charge in [0.1, 0.15) is 12.1 Å². The lowest BCUT2D eigenvalue weighted by Gasteiger charge is -2.16. The zero-order valence-corrected chi connectivity index (χ0v) is 12.1. The molecule has 0 amide bonds. The van der Waals surface area contributed by atoms with Crippen LogP contribution in [0.1, 0.15) is 11.1 Å². The molecule has 0 aliphatic rings. The van der Waals surface area contributed by atoms with Crippen molar-refractivity contribution in [1.82, 2.24) is 0 Å². The number of aldehydes is 1. The summed E-state index contributed by atoms with van der Waals surface area (Å²) >= 11 is 0. The first kappa shape index (κ1) is 15.5. The Morgan fingerprint density at radius 3 is 2.59 bits per heavy atom. The third-order valence-electron chi connectivity index (χ3n) is 3.23. The van der Waals surface area contributed by atoms with Crippen LogP contribution in [0.5, 0.6) is 0 Å². The zero-order valence-electron chi connectivity index (χ0n) is 12.1. The van der Waals surface area contributed by atoms with Crippen LogP contribution >= 0.6 is 0 Å². The largest absolute Gasteiger partial charge is 0.382 e. The molecule has 1 atom stereocenters. The first-order chi connectivity index (χ1) is 10.6. The lowest BCUT2D eigenvalue weighted by molar-refractivity contribution is -0.108. The average Bonchev–Trinajstić information content (AvgIpc) is 2.53. The molecule has 1 unspecified atom stereocenters. The Balaban J connectivity index is 1.97. The number of carbonyl (C=O) groups is 1. The molecule has 2 aromatic rings. The Bertz CT molecular complexity index is 692. The van der Waals surface area contributed by atoms with Crippen molar-refractivity contribution in [3.63, 3.8) is 0 Å². The average molecular weight is 297 g/mol. The highest BCUT2D eigenvalue weighted by atomic mass is 19.1. The van der Waals surface area contributed by atoms with Crippen LogP contribution in [0.4, 0.5) is 15.8 Å². The lowest BCUT2D eigenvalue weighted by atomic mass is 10.2. The van der Waals surface area contributed by atoms with Gasteiger partial charge >= 0.3 is 0 Å². The summed E-state index contributed by atoms with van der Waals surface area (Å²) in [7, 11) is 0. The van der Waals surface area contributed by atoms with Crippen LogP contribution in [0.3, 0.4) is 0 Å². The summed E-state index contributed by atoms with van der Waals surface area (Å²) in [6.45, 7) is 2.17. The molecule has 2 aromatic carbocycles. The maximum atomic E-state index is 13.0. The van der Waals surface area contributed by atoms with Crippen LogP contribution in [0, 0.1) is 24.1 Å². The van der Waals surface area contributed by atoms with Crippen LogP contribution in [0.25, 0.3) is 0 Å².